The molecule has 2 heterocycles. The fourth-order valence-corrected chi connectivity index (χ4v) is 2.34. The van der Waals surface area contributed by atoms with Gasteiger partial charge in [-0.1, -0.05) is 13.3 Å². The Morgan fingerprint density at radius 2 is 2.44 bits per heavy atom. The summed E-state index contributed by atoms with van der Waals surface area (Å²) in [4.78, 5) is 10.6. The Morgan fingerprint density at radius 1 is 1.56 bits per heavy atom. The van der Waals surface area contributed by atoms with E-state index >= 15 is 0 Å². The molecule has 0 aromatic carbocycles. The van der Waals surface area contributed by atoms with Crippen LogP contribution in [0.25, 0.3) is 0 Å². The van der Waals surface area contributed by atoms with E-state index in [1.165, 1.54) is 6.42 Å². The van der Waals surface area contributed by atoms with Gasteiger partial charge in [0.25, 0.3) is 0 Å². The summed E-state index contributed by atoms with van der Waals surface area (Å²) in [5, 5.41) is 0. The normalized spacial score (nSPS) is 26.9. The summed E-state index contributed by atoms with van der Waals surface area (Å²) >= 11 is 0. The fraction of sp³-hybridized carbons (Fsp3) is 0.667. The van der Waals surface area contributed by atoms with E-state index in [2.05, 4.69) is 21.8 Å². The number of nitrogens with zero attached hydrogens (tertiary/aromatic N) is 3. The fourth-order valence-electron chi connectivity index (χ4n) is 2.34. The number of aromatic nitrogens is 2. The molecule has 1 aromatic heterocycles. The van der Waals surface area contributed by atoms with Gasteiger partial charge in [-0.25, -0.2) is 9.97 Å². The molecule has 2 atom stereocenters. The van der Waals surface area contributed by atoms with Gasteiger partial charge in [0.2, 0.25) is 0 Å². The third-order valence-electron chi connectivity index (χ3n) is 3.43. The highest BCUT2D eigenvalue weighted by atomic mass is 15.1. The van der Waals surface area contributed by atoms with Crippen LogP contribution in [0.4, 0.5) is 0 Å². The monoisotopic (exact) mass is 220 g/mol. The van der Waals surface area contributed by atoms with Crippen LogP contribution in [-0.4, -0.2) is 34.0 Å². The lowest BCUT2D eigenvalue weighted by Gasteiger charge is -2.36. The Balaban J connectivity index is 1.92. The molecule has 1 fully saturated rings. The lowest BCUT2D eigenvalue weighted by atomic mass is 9.91. The Morgan fingerprint density at radius 3 is 3.12 bits per heavy atom. The average molecular weight is 220 g/mol. The Bertz CT molecular complexity index is 314. The second-order valence-corrected chi connectivity index (χ2v) is 4.56. The molecular formula is C12H20N4. The Kier molecular flexibility index (Phi) is 3.85. The van der Waals surface area contributed by atoms with Crippen molar-refractivity contribution in [2.75, 3.05) is 13.1 Å². The van der Waals surface area contributed by atoms with Gasteiger partial charge in [0.15, 0.2) is 0 Å². The number of likely N-dealkylation sites (tertiary alicyclic amines) is 1. The molecule has 4 nitrogen and oxygen atoms in total. The lowest BCUT2D eigenvalue weighted by Crippen LogP contribution is -2.46. The van der Waals surface area contributed by atoms with Gasteiger partial charge in [-0.15, -0.1) is 0 Å². The SMILES string of the molecule is CCC1CN(Cc2ccncn2)CCC1N. The molecule has 1 saturated heterocycles. The predicted molar refractivity (Wildman–Crippen MR) is 63.7 cm³/mol. The highest BCUT2D eigenvalue weighted by Crippen LogP contribution is 2.19. The van der Waals surface area contributed by atoms with E-state index in [4.69, 9.17) is 5.73 Å². The van der Waals surface area contributed by atoms with E-state index < -0.39 is 0 Å². The third-order valence-corrected chi connectivity index (χ3v) is 3.43. The van der Waals surface area contributed by atoms with Crippen LogP contribution in [0.5, 0.6) is 0 Å². The molecule has 1 aliphatic heterocycles. The van der Waals surface area contributed by atoms with Crippen molar-refractivity contribution < 1.29 is 0 Å². The maximum Gasteiger partial charge on any atom is 0.115 e. The topological polar surface area (TPSA) is 55.0 Å². The second kappa shape index (κ2) is 5.37. The molecule has 88 valence electrons. The molecular weight excluding hydrogens is 200 g/mol. The van der Waals surface area contributed by atoms with E-state index in [0.29, 0.717) is 12.0 Å². The second-order valence-electron chi connectivity index (χ2n) is 4.56. The molecule has 0 radical (unpaired) electrons. The largest absolute Gasteiger partial charge is 0.327 e. The zero-order valence-corrected chi connectivity index (χ0v) is 9.84. The summed E-state index contributed by atoms with van der Waals surface area (Å²) in [6.45, 7) is 5.33. The molecule has 2 rings (SSSR count). The number of nitrogens with two attached hydrogens (primary N) is 1. The van der Waals surface area contributed by atoms with Crippen LogP contribution in [-0.2, 0) is 6.54 Å². The van der Waals surface area contributed by atoms with Crippen LogP contribution in [0.2, 0.25) is 0 Å². The zero-order valence-electron chi connectivity index (χ0n) is 9.84. The maximum atomic E-state index is 6.09. The first-order chi connectivity index (χ1) is 7.79. The summed E-state index contributed by atoms with van der Waals surface area (Å²) in [5.74, 6) is 0.635. The molecule has 0 bridgehead atoms. The maximum absolute atomic E-state index is 6.09. The minimum Gasteiger partial charge on any atom is -0.327 e. The van der Waals surface area contributed by atoms with Crippen molar-refractivity contribution in [1.82, 2.24) is 14.9 Å². The predicted octanol–water partition coefficient (Wildman–Crippen LogP) is 1.04. The van der Waals surface area contributed by atoms with Crippen LogP contribution in [0.15, 0.2) is 18.6 Å². The van der Waals surface area contributed by atoms with Crippen molar-refractivity contribution in [2.45, 2.75) is 32.4 Å². The van der Waals surface area contributed by atoms with Gasteiger partial charge in [-0.05, 0) is 18.4 Å². The minimum absolute atomic E-state index is 0.381. The molecule has 0 saturated carbocycles. The first-order valence-corrected chi connectivity index (χ1v) is 6.02. The van der Waals surface area contributed by atoms with E-state index in [1.807, 2.05) is 6.07 Å². The quantitative estimate of drug-likeness (QED) is 0.827. The Hall–Kier alpha value is -1.00. The van der Waals surface area contributed by atoms with Crippen LogP contribution in [0.3, 0.4) is 0 Å². The molecule has 2 N–H and O–H groups in total. The van der Waals surface area contributed by atoms with E-state index in [9.17, 15) is 0 Å². The van der Waals surface area contributed by atoms with Crippen LogP contribution >= 0.6 is 0 Å². The number of hydrogen-bond donors (Lipinski definition) is 1. The Labute approximate surface area is 96.9 Å². The van der Waals surface area contributed by atoms with Crippen LogP contribution in [0.1, 0.15) is 25.5 Å². The zero-order chi connectivity index (χ0) is 11.4. The van der Waals surface area contributed by atoms with E-state index in [-0.39, 0.29) is 0 Å². The summed E-state index contributed by atoms with van der Waals surface area (Å²) < 4.78 is 0. The van der Waals surface area contributed by atoms with Crippen LogP contribution in [0, 0.1) is 5.92 Å². The summed E-state index contributed by atoms with van der Waals surface area (Å²) in [5.41, 5.74) is 7.19. The molecule has 0 aliphatic carbocycles. The molecule has 0 spiro atoms. The lowest BCUT2D eigenvalue weighted by molar-refractivity contribution is 0.144. The van der Waals surface area contributed by atoms with Crippen molar-refractivity contribution in [3.63, 3.8) is 0 Å². The van der Waals surface area contributed by atoms with Gasteiger partial charge in [0.1, 0.15) is 6.33 Å². The van der Waals surface area contributed by atoms with Gasteiger partial charge < -0.3 is 5.73 Å². The summed E-state index contributed by atoms with van der Waals surface area (Å²) in [6.07, 6.45) is 5.68. The molecule has 16 heavy (non-hydrogen) atoms. The van der Waals surface area contributed by atoms with Gasteiger partial charge in [0.05, 0.1) is 5.69 Å². The van der Waals surface area contributed by atoms with Gasteiger partial charge in [0, 0.05) is 31.9 Å². The third kappa shape index (κ3) is 2.77. The highest BCUT2D eigenvalue weighted by molar-refractivity contribution is 4.98. The first-order valence-electron chi connectivity index (χ1n) is 6.02. The summed E-state index contributed by atoms with van der Waals surface area (Å²) in [6, 6.07) is 2.36. The number of rotatable bonds is 3. The number of piperidine rings is 1. The van der Waals surface area contributed by atoms with Gasteiger partial charge >= 0.3 is 0 Å². The average Bonchev–Trinajstić information content (AvgIpc) is 2.33. The standard InChI is InChI=1S/C12H20N4/c1-2-10-7-16(6-4-12(10)13)8-11-3-5-14-9-15-11/h3,5,9-10,12H,2,4,6-8,13H2,1H3. The molecule has 2 unspecified atom stereocenters. The minimum atomic E-state index is 0.381. The number of hydrogen-bond acceptors (Lipinski definition) is 4. The van der Waals surface area contributed by atoms with E-state index in [0.717, 1.165) is 31.7 Å². The highest BCUT2D eigenvalue weighted by Gasteiger charge is 2.25. The van der Waals surface area contributed by atoms with Gasteiger partial charge in [-0.2, -0.15) is 0 Å². The molecule has 4 heteroatoms. The molecule has 0 amide bonds. The summed E-state index contributed by atoms with van der Waals surface area (Å²) in [7, 11) is 0. The van der Waals surface area contributed by atoms with Crippen molar-refractivity contribution in [3.05, 3.63) is 24.3 Å². The van der Waals surface area contributed by atoms with Crippen molar-refractivity contribution in [1.29, 1.82) is 0 Å². The molecule has 1 aromatic rings. The smallest absolute Gasteiger partial charge is 0.115 e. The van der Waals surface area contributed by atoms with Crippen molar-refractivity contribution in [3.8, 4) is 0 Å². The van der Waals surface area contributed by atoms with Gasteiger partial charge in [-0.3, -0.25) is 4.90 Å². The molecule has 1 aliphatic rings. The van der Waals surface area contributed by atoms with E-state index in [1.54, 1.807) is 12.5 Å². The first kappa shape index (κ1) is 11.5. The van der Waals surface area contributed by atoms with Crippen molar-refractivity contribution >= 4 is 0 Å². The van der Waals surface area contributed by atoms with Crippen LogP contribution < -0.4 is 5.73 Å². The van der Waals surface area contributed by atoms with Crippen molar-refractivity contribution in [2.24, 2.45) is 11.7 Å².